The van der Waals surface area contributed by atoms with E-state index in [4.69, 9.17) is 0 Å². The Bertz CT molecular complexity index is 528. The summed E-state index contributed by atoms with van der Waals surface area (Å²) >= 11 is 0. The maximum absolute atomic E-state index is 11.2. The minimum absolute atomic E-state index is 0.488. The van der Waals surface area contributed by atoms with E-state index in [0.717, 1.165) is 11.9 Å². The zero-order valence-corrected chi connectivity index (χ0v) is 12.3. The van der Waals surface area contributed by atoms with Crippen molar-refractivity contribution < 1.29 is 8.42 Å². The molecule has 1 aliphatic rings. The van der Waals surface area contributed by atoms with E-state index in [1.165, 1.54) is 25.7 Å². The predicted octanol–water partition coefficient (Wildman–Crippen LogP) is 3.05. The molecule has 1 saturated carbocycles. The molecular weight excluding hydrogens is 260 g/mol. The Kier molecular flexibility index (Phi) is 4.34. The van der Waals surface area contributed by atoms with Crippen LogP contribution in [0.5, 0.6) is 0 Å². The van der Waals surface area contributed by atoms with Gasteiger partial charge in [-0.25, -0.2) is 8.42 Å². The predicted molar refractivity (Wildman–Crippen MR) is 80.0 cm³/mol. The van der Waals surface area contributed by atoms with Gasteiger partial charge in [-0.15, -0.1) is 0 Å². The van der Waals surface area contributed by atoms with Gasteiger partial charge in [0.1, 0.15) is 0 Å². The molecule has 2 N–H and O–H groups in total. The standard InChI is InChI=1S/C14H22N2O2S/c1-11-6-3-4-9-14(11)15-12-7-5-8-13(10-12)16-19(2,17)18/h5,7-8,10-11,14-16H,3-4,6,9H2,1-2H3. The zero-order chi connectivity index (χ0) is 13.9. The molecule has 0 amide bonds. The molecule has 1 aromatic rings. The van der Waals surface area contributed by atoms with Crippen molar-refractivity contribution in [1.29, 1.82) is 0 Å². The van der Waals surface area contributed by atoms with Crippen LogP contribution in [0.1, 0.15) is 32.6 Å². The Balaban J connectivity index is 2.06. The summed E-state index contributed by atoms with van der Waals surface area (Å²) in [5.41, 5.74) is 1.59. The Labute approximate surface area is 115 Å². The summed E-state index contributed by atoms with van der Waals surface area (Å²) in [6.45, 7) is 2.27. The maximum atomic E-state index is 11.2. The summed E-state index contributed by atoms with van der Waals surface area (Å²) in [7, 11) is -3.22. The Hall–Kier alpha value is -1.23. The molecule has 19 heavy (non-hydrogen) atoms. The number of hydrogen-bond acceptors (Lipinski definition) is 3. The molecule has 1 fully saturated rings. The molecule has 0 radical (unpaired) electrons. The van der Waals surface area contributed by atoms with Crippen LogP contribution in [-0.2, 0) is 10.0 Å². The van der Waals surface area contributed by atoms with Gasteiger partial charge < -0.3 is 5.32 Å². The topological polar surface area (TPSA) is 58.2 Å². The fourth-order valence-electron chi connectivity index (χ4n) is 2.63. The van der Waals surface area contributed by atoms with Gasteiger partial charge in [-0.3, -0.25) is 4.72 Å². The zero-order valence-electron chi connectivity index (χ0n) is 11.5. The van der Waals surface area contributed by atoms with E-state index >= 15 is 0 Å². The van der Waals surface area contributed by atoms with Crippen molar-refractivity contribution in [2.75, 3.05) is 16.3 Å². The summed E-state index contributed by atoms with van der Waals surface area (Å²) in [5.74, 6) is 0.667. The molecule has 1 aliphatic carbocycles. The average molecular weight is 282 g/mol. The molecular formula is C14H22N2O2S. The third-order valence-corrected chi connectivity index (χ3v) is 4.24. The molecule has 4 nitrogen and oxygen atoms in total. The molecule has 0 spiro atoms. The van der Waals surface area contributed by atoms with Crippen LogP contribution in [0.25, 0.3) is 0 Å². The van der Waals surface area contributed by atoms with Gasteiger partial charge in [0.15, 0.2) is 0 Å². The molecule has 5 heteroatoms. The van der Waals surface area contributed by atoms with Gasteiger partial charge in [0.25, 0.3) is 0 Å². The fraction of sp³-hybridized carbons (Fsp3) is 0.571. The molecule has 2 unspecified atom stereocenters. The van der Waals surface area contributed by atoms with Gasteiger partial charge in [-0.05, 0) is 37.0 Å². The minimum atomic E-state index is -3.22. The second kappa shape index (κ2) is 5.82. The number of sulfonamides is 1. The van der Waals surface area contributed by atoms with Crippen LogP contribution in [0.2, 0.25) is 0 Å². The van der Waals surface area contributed by atoms with E-state index in [9.17, 15) is 8.42 Å². The van der Waals surface area contributed by atoms with E-state index < -0.39 is 10.0 Å². The molecule has 0 saturated heterocycles. The van der Waals surface area contributed by atoms with Gasteiger partial charge in [-0.2, -0.15) is 0 Å². The minimum Gasteiger partial charge on any atom is -0.382 e. The monoisotopic (exact) mass is 282 g/mol. The van der Waals surface area contributed by atoms with Crippen molar-refractivity contribution in [3.8, 4) is 0 Å². The first kappa shape index (κ1) is 14.2. The number of rotatable bonds is 4. The third kappa shape index (κ3) is 4.42. The lowest BCUT2D eigenvalue weighted by Crippen LogP contribution is -2.30. The van der Waals surface area contributed by atoms with Crippen molar-refractivity contribution in [3.63, 3.8) is 0 Å². The number of anilines is 2. The van der Waals surface area contributed by atoms with Crippen molar-refractivity contribution in [1.82, 2.24) is 0 Å². The molecule has 2 rings (SSSR count). The van der Waals surface area contributed by atoms with Crippen molar-refractivity contribution in [3.05, 3.63) is 24.3 Å². The molecule has 0 bridgehead atoms. The Morgan fingerprint density at radius 3 is 2.53 bits per heavy atom. The quantitative estimate of drug-likeness (QED) is 0.892. The summed E-state index contributed by atoms with van der Waals surface area (Å²) in [6, 6.07) is 7.94. The largest absolute Gasteiger partial charge is 0.382 e. The summed E-state index contributed by atoms with van der Waals surface area (Å²) in [4.78, 5) is 0. The van der Waals surface area contributed by atoms with Crippen LogP contribution < -0.4 is 10.0 Å². The highest BCUT2D eigenvalue weighted by Crippen LogP contribution is 2.27. The fourth-order valence-corrected chi connectivity index (χ4v) is 3.19. The first-order valence-electron chi connectivity index (χ1n) is 6.78. The normalized spacial score (nSPS) is 23.9. The maximum Gasteiger partial charge on any atom is 0.229 e. The van der Waals surface area contributed by atoms with E-state index in [-0.39, 0.29) is 0 Å². The van der Waals surface area contributed by atoms with Crippen LogP contribution in [-0.4, -0.2) is 20.7 Å². The molecule has 106 valence electrons. The van der Waals surface area contributed by atoms with Gasteiger partial charge in [0, 0.05) is 11.7 Å². The van der Waals surface area contributed by atoms with Crippen LogP contribution in [0, 0.1) is 5.92 Å². The van der Waals surface area contributed by atoms with Crippen LogP contribution >= 0.6 is 0 Å². The van der Waals surface area contributed by atoms with Crippen molar-refractivity contribution >= 4 is 21.4 Å². The lowest BCUT2D eigenvalue weighted by molar-refractivity contribution is 0.349. The Morgan fingerprint density at radius 2 is 1.84 bits per heavy atom. The lowest BCUT2D eigenvalue weighted by Gasteiger charge is -2.30. The SMILES string of the molecule is CC1CCCCC1Nc1cccc(NS(C)(=O)=O)c1. The van der Waals surface area contributed by atoms with Gasteiger partial charge in [-0.1, -0.05) is 25.8 Å². The van der Waals surface area contributed by atoms with Gasteiger partial charge >= 0.3 is 0 Å². The van der Waals surface area contributed by atoms with E-state index in [1.54, 1.807) is 6.07 Å². The number of benzene rings is 1. The molecule has 0 heterocycles. The van der Waals surface area contributed by atoms with E-state index in [0.29, 0.717) is 17.6 Å². The second-order valence-electron chi connectivity index (χ2n) is 5.47. The van der Waals surface area contributed by atoms with Crippen LogP contribution in [0.3, 0.4) is 0 Å². The van der Waals surface area contributed by atoms with Gasteiger partial charge in [0.2, 0.25) is 10.0 Å². The molecule has 0 aliphatic heterocycles. The highest BCUT2D eigenvalue weighted by atomic mass is 32.2. The highest BCUT2D eigenvalue weighted by Gasteiger charge is 2.20. The molecule has 1 aromatic carbocycles. The highest BCUT2D eigenvalue weighted by molar-refractivity contribution is 7.92. The summed E-state index contributed by atoms with van der Waals surface area (Å²) < 4.78 is 24.9. The third-order valence-electron chi connectivity index (χ3n) is 3.63. The first-order chi connectivity index (χ1) is 8.94. The first-order valence-corrected chi connectivity index (χ1v) is 8.67. The average Bonchev–Trinajstić information content (AvgIpc) is 2.30. The molecule has 0 aromatic heterocycles. The number of hydrogen-bond donors (Lipinski definition) is 2. The van der Waals surface area contributed by atoms with Crippen LogP contribution in [0.15, 0.2) is 24.3 Å². The number of nitrogens with one attached hydrogen (secondary N) is 2. The van der Waals surface area contributed by atoms with Crippen molar-refractivity contribution in [2.45, 2.75) is 38.6 Å². The lowest BCUT2D eigenvalue weighted by atomic mass is 9.86. The second-order valence-corrected chi connectivity index (χ2v) is 7.22. The molecule has 2 atom stereocenters. The van der Waals surface area contributed by atoms with Crippen molar-refractivity contribution in [2.24, 2.45) is 5.92 Å². The van der Waals surface area contributed by atoms with E-state index in [2.05, 4.69) is 17.0 Å². The summed E-state index contributed by atoms with van der Waals surface area (Å²) in [6.07, 6.45) is 6.19. The van der Waals surface area contributed by atoms with Gasteiger partial charge in [0.05, 0.1) is 11.9 Å². The van der Waals surface area contributed by atoms with Crippen LogP contribution in [0.4, 0.5) is 11.4 Å². The smallest absolute Gasteiger partial charge is 0.229 e. The Morgan fingerprint density at radius 1 is 1.16 bits per heavy atom. The van der Waals surface area contributed by atoms with E-state index in [1.807, 2.05) is 18.2 Å². The summed E-state index contributed by atoms with van der Waals surface area (Å²) in [5, 5.41) is 3.52.